The zero-order valence-corrected chi connectivity index (χ0v) is 11.4. The Morgan fingerprint density at radius 1 is 1.40 bits per heavy atom. The van der Waals surface area contributed by atoms with E-state index in [9.17, 15) is 9.18 Å². The average Bonchev–Trinajstić information content (AvgIpc) is 2.92. The van der Waals surface area contributed by atoms with Gasteiger partial charge in [0, 0.05) is 18.3 Å². The lowest BCUT2D eigenvalue weighted by atomic mass is 10.1. The second kappa shape index (κ2) is 6.34. The molecule has 0 amide bonds. The maximum absolute atomic E-state index is 13.1. The molecule has 0 aliphatic heterocycles. The number of aromatic nitrogens is 1. The summed E-state index contributed by atoms with van der Waals surface area (Å²) in [6, 6.07) is 9.99. The zero-order valence-electron chi connectivity index (χ0n) is 11.4. The lowest BCUT2D eigenvalue weighted by molar-refractivity contribution is 0.0594. The highest BCUT2D eigenvalue weighted by Crippen LogP contribution is 2.14. The highest BCUT2D eigenvalue weighted by molar-refractivity contribution is 5.87. The van der Waals surface area contributed by atoms with Crippen molar-refractivity contribution in [3.63, 3.8) is 0 Å². The third-order valence-electron chi connectivity index (χ3n) is 3.10. The summed E-state index contributed by atoms with van der Waals surface area (Å²) in [5.74, 6) is -0.640. The summed E-state index contributed by atoms with van der Waals surface area (Å²) in [5.41, 5.74) is 2.17. The smallest absolute Gasteiger partial charge is 0.354 e. The Morgan fingerprint density at radius 2 is 2.20 bits per heavy atom. The van der Waals surface area contributed by atoms with Crippen molar-refractivity contribution >= 4 is 5.97 Å². The number of carbonyl (C=O) groups excluding carboxylic acids is 1. The Balaban J connectivity index is 1.95. The lowest BCUT2D eigenvalue weighted by Gasteiger charge is -2.13. The van der Waals surface area contributed by atoms with Crippen LogP contribution >= 0.6 is 0 Å². The number of esters is 1. The van der Waals surface area contributed by atoms with Crippen LogP contribution in [0.3, 0.4) is 0 Å². The fourth-order valence-corrected chi connectivity index (χ4v) is 1.93. The molecule has 1 heterocycles. The molecule has 20 heavy (non-hydrogen) atoms. The number of hydrogen-bond acceptors (Lipinski definition) is 3. The normalized spacial score (nSPS) is 12.2. The van der Waals surface area contributed by atoms with Crippen molar-refractivity contribution in [2.24, 2.45) is 0 Å². The van der Waals surface area contributed by atoms with Crippen molar-refractivity contribution in [1.29, 1.82) is 0 Å². The molecule has 1 atom stereocenters. The van der Waals surface area contributed by atoms with E-state index >= 15 is 0 Å². The molecule has 4 nitrogen and oxygen atoms in total. The van der Waals surface area contributed by atoms with Crippen LogP contribution in [0.1, 0.15) is 34.7 Å². The van der Waals surface area contributed by atoms with Crippen molar-refractivity contribution in [2.45, 2.75) is 19.5 Å². The van der Waals surface area contributed by atoms with Gasteiger partial charge in [-0.05, 0) is 36.8 Å². The Hall–Kier alpha value is -2.14. The second-order valence-corrected chi connectivity index (χ2v) is 4.55. The molecular weight excluding hydrogens is 259 g/mol. The van der Waals surface area contributed by atoms with Crippen LogP contribution in [0.4, 0.5) is 4.39 Å². The van der Waals surface area contributed by atoms with Crippen molar-refractivity contribution in [2.75, 3.05) is 7.11 Å². The minimum atomic E-state index is -0.394. The first-order valence-electron chi connectivity index (χ1n) is 6.35. The Bertz CT molecular complexity index is 595. The number of H-pyrrole nitrogens is 1. The summed E-state index contributed by atoms with van der Waals surface area (Å²) < 4.78 is 17.8. The van der Waals surface area contributed by atoms with Gasteiger partial charge in [0.25, 0.3) is 0 Å². The van der Waals surface area contributed by atoms with E-state index in [-0.39, 0.29) is 11.9 Å². The molecule has 0 saturated heterocycles. The molecular formula is C15H17FN2O2. The van der Waals surface area contributed by atoms with Crippen molar-refractivity contribution in [3.8, 4) is 0 Å². The molecule has 2 aromatic rings. The van der Waals surface area contributed by atoms with Gasteiger partial charge < -0.3 is 15.0 Å². The lowest BCUT2D eigenvalue weighted by Crippen LogP contribution is -2.18. The van der Waals surface area contributed by atoms with Gasteiger partial charge in [0.2, 0.25) is 0 Å². The molecule has 0 saturated carbocycles. The van der Waals surface area contributed by atoms with Crippen LogP contribution in [0.25, 0.3) is 0 Å². The SMILES string of the molecule is COC(=O)c1ccc(CN[C@@H](C)c2cccc(F)c2)[nH]1. The van der Waals surface area contributed by atoms with E-state index in [0.717, 1.165) is 11.3 Å². The van der Waals surface area contributed by atoms with Crippen LogP contribution in [0.2, 0.25) is 0 Å². The largest absolute Gasteiger partial charge is 0.464 e. The van der Waals surface area contributed by atoms with Crippen LogP contribution in [-0.4, -0.2) is 18.1 Å². The molecule has 0 aliphatic carbocycles. The fourth-order valence-electron chi connectivity index (χ4n) is 1.93. The first-order valence-corrected chi connectivity index (χ1v) is 6.35. The van der Waals surface area contributed by atoms with Crippen molar-refractivity contribution in [1.82, 2.24) is 10.3 Å². The number of hydrogen-bond donors (Lipinski definition) is 2. The maximum Gasteiger partial charge on any atom is 0.354 e. The maximum atomic E-state index is 13.1. The molecule has 0 bridgehead atoms. The average molecular weight is 276 g/mol. The van der Waals surface area contributed by atoms with Crippen molar-refractivity contribution in [3.05, 3.63) is 59.2 Å². The van der Waals surface area contributed by atoms with Crippen LogP contribution in [0, 0.1) is 5.82 Å². The number of ether oxygens (including phenoxy) is 1. The fraction of sp³-hybridized carbons (Fsp3) is 0.267. The Morgan fingerprint density at radius 3 is 2.90 bits per heavy atom. The number of halogens is 1. The molecule has 2 rings (SSSR count). The standard InChI is InChI=1S/C15H17FN2O2/c1-10(11-4-3-5-12(16)8-11)17-9-13-6-7-14(18-13)15(19)20-2/h3-8,10,17-18H,9H2,1-2H3/t10-/m0/s1. The quantitative estimate of drug-likeness (QED) is 0.826. The van der Waals surface area contributed by atoms with Gasteiger partial charge in [-0.15, -0.1) is 0 Å². The number of aromatic amines is 1. The van der Waals surface area contributed by atoms with Gasteiger partial charge in [-0.25, -0.2) is 9.18 Å². The van der Waals surface area contributed by atoms with E-state index < -0.39 is 5.97 Å². The molecule has 0 radical (unpaired) electrons. The highest BCUT2D eigenvalue weighted by Gasteiger charge is 2.09. The summed E-state index contributed by atoms with van der Waals surface area (Å²) in [7, 11) is 1.34. The summed E-state index contributed by atoms with van der Waals surface area (Å²) in [5, 5.41) is 3.26. The highest BCUT2D eigenvalue weighted by atomic mass is 19.1. The Labute approximate surface area is 117 Å². The number of nitrogens with one attached hydrogen (secondary N) is 2. The van der Waals surface area contributed by atoms with Gasteiger partial charge in [0.05, 0.1) is 7.11 Å². The number of methoxy groups -OCH3 is 1. The molecule has 0 unspecified atom stereocenters. The first-order chi connectivity index (χ1) is 9.60. The number of carbonyl (C=O) groups is 1. The molecule has 0 fully saturated rings. The monoisotopic (exact) mass is 276 g/mol. The van der Waals surface area contributed by atoms with E-state index in [0.29, 0.717) is 12.2 Å². The van der Waals surface area contributed by atoms with Gasteiger partial charge in [-0.1, -0.05) is 12.1 Å². The molecule has 0 spiro atoms. The van der Waals surface area contributed by atoms with Gasteiger partial charge >= 0.3 is 5.97 Å². The topological polar surface area (TPSA) is 54.1 Å². The first kappa shape index (κ1) is 14.3. The molecule has 2 N–H and O–H groups in total. The molecule has 1 aromatic heterocycles. The summed E-state index contributed by atoms with van der Waals surface area (Å²) in [6.45, 7) is 2.51. The van der Waals surface area contributed by atoms with Crippen LogP contribution in [0.5, 0.6) is 0 Å². The predicted molar refractivity (Wildman–Crippen MR) is 73.8 cm³/mol. The summed E-state index contributed by atoms with van der Waals surface area (Å²) in [6.07, 6.45) is 0. The van der Waals surface area contributed by atoms with E-state index in [1.54, 1.807) is 12.1 Å². The van der Waals surface area contributed by atoms with E-state index in [1.165, 1.54) is 19.2 Å². The second-order valence-electron chi connectivity index (χ2n) is 4.55. The summed E-state index contributed by atoms with van der Waals surface area (Å²) >= 11 is 0. The molecule has 1 aromatic carbocycles. The van der Waals surface area contributed by atoms with Crippen molar-refractivity contribution < 1.29 is 13.9 Å². The van der Waals surface area contributed by atoms with Crippen LogP contribution in [0.15, 0.2) is 36.4 Å². The predicted octanol–water partition coefficient (Wildman–Crippen LogP) is 2.79. The zero-order chi connectivity index (χ0) is 14.5. The summed E-state index contributed by atoms with van der Waals surface area (Å²) in [4.78, 5) is 14.3. The van der Waals surface area contributed by atoms with E-state index in [4.69, 9.17) is 0 Å². The minimum Gasteiger partial charge on any atom is -0.464 e. The van der Waals surface area contributed by atoms with E-state index in [2.05, 4.69) is 15.0 Å². The van der Waals surface area contributed by atoms with Gasteiger partial charge in [0.15, 0.2) is 0 Å². The van der Waals surface area contributed by atoms with E-state index in [1.807, 2.05) is 19.1 Å². The third-order valence-corrected chi connectivity index (χ3v) is 3.10. The molecule has 0 aliphatic rings. The minimum absolute atomic E-state index is 0.00979. The molecule has 5 heteroatoms. The van der Waals surface area contributed by atoms with Gasteiger partial charge in [-0.2, -0.15) is 0 Å². The van der Waals surface area contributed by atoms with Gasteiger partial charge in [0.1, 0.15) is 11.5 Å². The number of benzene rings is 1. The third kappa shape index (κ3) is 3.45. The number of rotatable bonds is 5. The molecule has 106 valence electrons. The van der Waals surface area contributed by atoms with Gasteiger partial charge in [-0.3, -0.25) is 0 Å². The van der Waals surface area contributed by atoms with Crippen LogP contribution in [-0.2, 0) is 11.3 Å². The Kier molecular flexibility index (Phi) is 4.53. The van der Waals surface area contributed by atoms with Crippen LogP contribution < -0.4 is 5.32 Å².